The van der Waals surface area contributed by atoms with Crippen LogP contribution in [0.4, 0.5) is 17.2 Å². The summed E-state index contributed by atoms with van der Waals surface area (Å²) < 4.78 is 5.48. The van der Waals surface area contributed by atoms with Crippen LogP contribution in [0.3, 0.4) is 0 Å². The van der Waals surface area contributed by atoms with Crippen molar-refractivity contribution in [3.05, 3.63) is 42.1 Å². The van der Waals surface area contributed by atoms with Crippen LogP contribution in [0.15, 0.2) is 36.4 Å². The minimum Gasteiger partial charge on any atom is -0.378 e. The molecule has 7 nitrogen and oxygen atoms in total. The van der Waals surface area contributed by atoms with Gasteiger partial charge in [0, 0.05) is 38.6 Å². The van der Waals surface area contributed by atoms with Gasteiger partial charge in [0.25, 0.3) is 5.91 Å². The molecule has 1 fully saturated rings. The van der Waals surface area contributed by atoms with Crippen LogP contribution >= 0.6 is 0 Å². The van der Waals surface area contributed by atoms with Crippen LogP contribution in [0.1, 0.15) is 23.3 Å². The number of anilines is 3. The quantitative estimate of drug-likeness (QED) is 0.838. The van der Waals surface area contributed by atoms with Crippen molar-refractivity contribution in [3.8, 4) is 0 Å². The van der Waals surface area contributed by atoms with E-state index in [4.69, 9.17) is 4.74 Å². The fraction of sp³-hybridized carbons (Fsp3) is 0.389. The minimum atomic E-state index is -0.232. The number of ether oxygens (including phenoxy) is 1. The first-order valence-corrected chi connectivity index (χ1v) is 8.40. The maximum atomic E-state index is 12.1. The van der Waals surface area contributed by atoms with Crippen molar-refractivity contribution in [1.29, 1.82) is 0 Å². The van der Waals surface area contributed by atoms with Crippen LogP contribution in [0.5, 0.6) is 0 Å². The topological polar surface area (TPSA) is 79.4 Å². The number of hydrogen-bond donors (Lipinski definition) is 2. The van der Waals surface area contributed by atoms with E-state index in [1.807, 2.05) is 43.3 Å². The lowest BCUT2D eigenvalue weighted by atomic mass is 10.2. The summed E-state index contributed by atoms with van der Waals surface area (Å²) in [4.78, 5) is 14.1. The molecule has 0 bridgehead atoms. The third kappa shape index (κ3) is 4.67. The van der Waals surface area contributed by atoms with Gasteiger partial charge in [-0.25, -0.2) is 0 Å². The lowest BCUT2D eigenvalue weighted by molar-refractivity contribution is 0.0853. The van der Waals surface area contributed by atoms with Crippen LogP contribution in [-0.2, 0) is 4.74 Å². The molecular formula is C18H23N5O2. The molecule has 2 aromatic rings. The van der Waals surface area contributed by atoms with Gasteiger partial charge in [0.05, 0.1) is 6.10 Å². The van der Waals surface area contributed by atoms with E-state index in [-0.39, 0.29) is 12.0 Å². The fourth-order valence-corrected chi connectivity index (χ4v) is 2.61. The van der Waals surface area contributed by atoms with Crippen LogP contribution in [0, 0.1) is 0 Å². The number of nitrogens with one attached hydrogen (secondary N) is 2. The van der Waals surface area contributed by atoms with Gasteiger partial charge < -0.3 is 20.3 Å². The summed E-state index contributed by atoms with van der Waals surface area (Å²) in [6.45, 7) is 1.29. The molecule has 1 aliphatic rings. The molecular weight excluding hydrogens is 318 g/mol. The van der Waals surface area contributed by atoms with Gasteiger partial charge in [-0.1, -0.05) is 0 Å². The maximum Gasteiger partial charge on any atom is 0.271 e. The molecule has 1 amide bonds. The zero-order valence-corrected chi connectivity index (χ0v) is 14.5. The van der Waals surface area contributed by atoms with Crippen molar-refractivity contribution >= 4 is 23.1 Å². The second-order valence-electron chi connectivity index (χ2n) is 6.22. The number of carbonyl (C=O) groups excluding carboxylic acids is 1. The molecule has 1 unspecified atom stereocenters. The van der Waals surface area contributed by atoms with Crippen LogP contribution in [-0.4, -0.2) is 49.5 Å². The summed E-state index contributed by atoms with van der Waals surface area (Å²) in [6.07, 6.45) is 2.15. The number of amides is 1. The normalized spacial score (nSPS) is 16.5. The van der Waals surface area contributed by atoms with Gasteiger partial charge in [-0.05, 0) is 49.2 Å². The highest BCUT2D eigenvalue weighted by atomic mass is 16.5. The van der Waals surface area contributed by atoms with Crippen LogP contribution in [0.2, 0.25) is 0 Å². The second-order valence-corrected chi connectivity index (χ2v) is 6.22. The van der Waals surface area contributed by atoms with E-state index in [0.717, 1.165) is 30.8 Å². The summed E-state index contributed by atoms with van der Waals surface area (Å²) in [5.41, 5.74) is 2.33. The van der Waals surface area contributed by atoms with Gasteiger partial charge in [0.2, 0.25) is 0 Å². The van der Waals surface area contributed by atoms with Crippen LogP contribution in [0.25, 0.3) is 0 Å². The minimum absolute atomic E-state index is 0.114. The van der Waals surface area contributed by atoms with E-state index in [0.29, 0.717) is 18.1 Å². The van der Waals surface area contributed by atoms with Gasteiger partial charge in [-0.3, -0.25) is 4.79 Å². The lowest BCUT2D eigenvalue weighted by Crippen LogP contribution is -2.32. The molecule has 2 heterocycles. The molecule has 1 aromatic carbocycles. The SMILES string of the molecule is CN(C)c1ccc(Nc2ccc(C(=O)NCC3CCCO3)nn2)cc1. The molecule has 1 aromatic heterocycles. The monoisotopic (exact) mass is 341 g/mol. The predicted octanol–water partition coefficient (Wildman–Crippen LogP) is 2.19. The largest absolute Gasteiger partial charge is 0.378 e. The molecule has 1 saturated heterocycles. The molecule has 0 spiro atoms. The summed E-state index contributed by atoms with van der Waals surface area (Å²) in [6, 6.07) is 11.4. The highest BCUT2D eigenvalue weighted by molar-refractivity contribution is 5.92. The fourth-order valence-electron chi connectivity index (χ4n) is 2.61. The van der Waals surface area contributed by atoms with E-state index >= 15 is 0 Å². The molecule has 0 radical (unpaired) electrons. The van der Waals surface area contributed by atoms with Gasteiger partial charge in [-0.2, -0.15) is 0 Å². The second kappa shape index (κ2) is 7.94. The number of hydrogen-bond acceptors (Lipinski definition) is 6. The molecule has 2 N–H and O–H groups in total. The first-order chi connectivity index (χ1) is 12.1. The van der Waals surface area contributed by atoms with E-state index in [1.165, 1.54) is 0 Å². The molecule has 0 saturated carbocycles. The van der Waals surface area contributed by atoms with Gasteiger partial charge in [0.15, 0.2) is 11.5 Å². The Morgan fingerprint density at radius 3 is 2.60 bits per heavy atom. The van der Waals surface area contributed by atoms with Crippen molar-refractivity contribution < 1.29 is 9.53 Å². The number of nitrogens with zero attached hydrogens (tertiary/aromatic N) is 3. The van der Waals surface area contributed by atoms with Gasteiger partial charge in [-0.15, -0.1) is 10.2 Å². The number of aromatic nitrogens is 2. The van der Waals surface area contributed by atoms with Crippen molar-refractivity contribution in [1.82, 2.24) is 15.5 Å². The van der Waals surface area contributed by atoms with Crippen molar-refractivity contribution in [3.63, 3.8) is 0 Å². The van der Waals surface area contributed by atoms with E-state index in [1.54, 1.807) is 12.1 Å². The summed E-state index contributed by atoms with van der Waals surface area (Å²) in [7, 11) is 3.99. The van der Waals surface area contributed by atoms with Gasteiger partial charge in [0.1, 0.15) is 0 Å². The molecule has 0 aliphatic carbocycles. The standard InChI is InChI=1S/C18H23N5O2/c1-23(2)14-7-5-13(6-8-14)20-17-10-9-16(21-22-17)18(24)19-12-15-4-3-11-25-15/h5-10,15H,3-4,11-12H2,1-2H3,(H,19,24)(H,20,22). The number of rotatable bonds is 6. The first-order valence-electron chi connectivity index (χ1n) is 8.40. The summed E-state index contributed by atoms with van der Waals surface area (Å²) >= 11 is 0. The third-order valence-corrected chi connectivity index (χ3v) is 4.07. The lowest BCUT2D eigenvalue weighted by Gasteiger charge is -2.13. The zero-order valence-electron chi connectivity index (χ0n) is 14.5. The molecule has 132 valence electrons. The first kappa shape index (κ1) is 17.2. The summed E-state index contributed by atoms with van der Waals surface area (Å²) in [5.74, 6) is 0.359. The molecule has 1 atom stereocenters. The Balaban J connectivity index is 1.55. The van der Waals surface area contributed by atoms with Crippen molar-refractivity contribution in [2.24, 2.45) is 0 Å². The predicted molar refractivity (Wildman–Crippen MR) is 97.4 cm³/mol. The Kier molecular flexibility index (Phi) is 5.45. The van der Waals surface area contributed by atoms with E-state index in [2.05, 4.69) is 20.8 Å². The highest BCUT2D eigenvalue weighted by Gasteiger charge is 2.17. The highest BCUT2D eigenvalue weighted by Crippen LogP contribution is 2.18. The Bertz CT molecular complexity index is 694. The third-order valence-electron chi connectivity index (χ3n) is 4.07. The molecule has 3 rings (SSSR count). The Hall–Kier alpha value is -2.67. The zero-order chi connectivity index (χ0) is 17.6. The Labute approximate surface area is 147 Å². The smallest absolute Gasteiger partial charge is 0.271 e. The van der Waals surface area contributed by atoms with Crippen molar-refractivity contribution in [2.45, 2.75) is 18.9 Å². The molecule has 1 aliphatic heterocycles. The molecule has 25 heavy (non-hydrogen) atoms. The van der Waals surface area contributed by atoms with Crippen molar-refractivity contribution in [2.75, 3.05) is 37.5 Å². The maximum absolute atomic E-state index is 12.1. The Morgan fingerprint density at radius 2 is 2.00 bits per heavy atom. The van der Waals surface area contributed by atoms with Crippen LogP contribution < -0.4 is 15.5 Å². The average Bonchev–Trinajstić information content (AvgIpc) is 3.14. The van der Waals surface area contributed by atoms with E-state index < -0.39 is 0 Å². The van der Waals surface area contributed by atoms with Gasteiger partial charge >= 0.3 is 0 Å². The summed E-state index contributed by atoms with van der Waals surface area (Å²) in [5, 5.41) is 14.1. The molecule has 7 heteroatoms. The number of carbonyl (C=O) groups is 1. The average molecular weight is 341 g/mol. The number of benzene rings is 1. The van der Waals surface area contributed by atoms with E-state index in [9.17, 15) is 4.79 Å². The Morgan fingerprint density at radius 1 is 1.20 bits per heavy atom.